The zero-order valence-electron chi connectivity index (χ0n) is 11.2. The number of anilines is 1. The van der Waals surface area contributed by atoms with Crippen molar-refractivity contribution >= 4 is 11.4 Å². The van der Waals surface area contributed by atoms with E-state index in [-0.39, 0.29) is 18.9 Å². The number of nitrogens with zero attached hydrogens (tertiary/aromatic N) is 2. The number of rotatable bonds is 7. The summed E-state index contributed by atoms with van der Waals surface area (Å²) in [5.74, 6) is 0.435. The lowest BCUT2D eigenvalue weighted by Crippen LogP contribution is -2.04. The van der Waals surface area contributed by atoms with Crippen molar-refractivity contribution in [3.63, 3.8) is 0 Å². The van der Waals surface area contributed by atoms with Crippen molar-refractivity contribution in [3.8, 4) is 5.88 Å². The molecule has 0 aliphatic heterocycles. The second-order valence-corrected chi connectivity index (χ2v) is 4.24. The van der Waals surface area contributed by atoms with Gasteiger partial charge >= 0.3 is 0 Å². The highest BCUT2D eigenvalue weighted by atomic mass is 16.6. The van der Waals surface area contributed by atoms with Crippen LogP contribution in [0.3, 0.4) is 0 Å². The second-order valence-electron chi connectivity index (χ2n) is 4.24. The van der Waals surface area contributed by atoms with Crippen molar-refractivity contribution in [3.05, 3.63) is 58.3 Å². The van der Waals surface area contributed by atoms with Gasteiger partial charge in [0, 0.05) is 24.7 Å². The van der Waals surface area contributed by atoms with Crippen LogP contribution in [0, 0.1) is 10.1 Å². The van der Waals surface area contributed by atoms with Crippen LogP contribution in [0.1, 0.15) is 5.56 Å². The molecule has 0 radical (unpaired) electrons. The molecule has 0 saturated heterocycles. The molecule has 0 amide bonds. The van der Waals surface area contributed by atoms with Gasteiger partial charge < -0.3 is 15.2 Å². The van der Waals surface area contributed by atoms with Gasteiger partial charge in [-0.05, 0) is 11.6 Å². The lowest BCUT2D eigenvalue weighted by atomic mass is 10.2. The molecule has 7 nitrogen and oxygen atoms in total. The Morgan fingerprint density at radius 3 is 2.86 bits per heavy atom. The first-order valence-corrected chi connectivity index (χ1v) is 6.36. The molecule has 0 saturated carbocycles. The van der Waals surface area contributed by atoms with E-state index in [0.29, 0.717) is 12.4 Å². The number of aliphatic hydroxyl groups excluding tert-OH is 1. The van der Waals surface area contributed by atoms with Crippen LogP contribution in [0.5, 0.6) is 5.88 Å². The monoisotopic (exact) mass is 289 g/mol. The topological polar surface area (TPSA) is 97.5 Å². The van der Waals surface area contributed by atoms with E-state index in [0.717, 1.165) is 11.3 Å². The summed E-state index contributed by atoms with van der Waals surface area (Å²) < 4.78 is 5.15. The number of ether oxygens (including phenoxy) is 1. The normalized spacial score (nSPS) is 10.1. The first-order valence-electron chi connectivity index (χ1n) is 6.36. The number of hydrogen-bond acceptors (Lipinski definition) is 6. The van der Waals surface area contributed by atoms with Gasteiger partial charge in [-0.25, -0.2) is 4.98 Å². The molecule has 0 aliphatic carbocycles. The van der Waals surface area contributed by atoms with Gasteiger partial charge in [-0.2, -0.15) is 0 Å². The number of non-ortho nitro benzene ring substituents is 1. The number of nitrogens with one attached hydrogen (secondary N) is 1. The number of pyridine rings is 1. The molecule has 1 heterocycles. The van der Waals surface area contributed by atoms with E-state index in [2.05, 4.69) is 10.3 Å². The maximum absolute atomic E-state index is 10.7. The van der Waals surface area contributed by atoms with Crippen molar-refractivity contribution in [2.24, 2.45) is 0 Å². The van der Waals surface area contributed by atoms with Gasteiger partial charge in [0.05, 0.1) is 23.4 Å². The van der Waals surface area contributed by atoms with E-state index < -0.39 is 4.92 Å². The van der Waals surface area contributed by atoms with Crippen molar-refractivity contribution in [1.29, 1.82) is 0 Å². The molecule has 0 bridgehead atoms. The molecular weight excluding hydrogens is 274 g/mol. The maximum Gasteiger partial charge on any atom is 0.269 e. The second kappa shape index (κ2) is 7.20. The molecular formula is C14H15N3O4. The fourth-order valence-corrected chi connectivity index (χ4v) is 1.70. The van der Waals surface area contributed by atoms with E-state index in [1.54, 1.807) is 24.4 Å². The van der Waals surface area contributed by atoms with Gasteiger partial charge in [0.1, 0.15) is 6.61 Å². The average molecular weight is 289 g/mol. The number of benzene rings is 1. The largest absolute Gasteiger partial charge is 0.475 e. The molecule has 0 unspecified atom stereocenters. The Morgan fingerprint density at radius 1 is 1.33 bits per heavy atom. The van der Waals surface area contributed by atoms with E-state index in [1.807, 2.05) is 6.07 Å². The third kappa shape index (κ3) is 4.43. The Morgan fingerprint density at radius 2 is 2.19 bits per heavy atom. The summed E-state index contributed by atoms with van der Waals surface area (Å²) in [6.45, 7) is 0.599. The number of nitro benzene ring substituents is 1. The standard InChI is InChI=1S/C14H15N3O4/c18-6-7-21-14-5-4-12(10-16-14)15-9-11-2-1-3-13(8-11)17(19)20/h1-5,8,10,15,18H,6-7,9H2. The summed E-state index contributed by atoms with van der Waals surface area (Å²) in [5.41, 5.74) is 1.66. The molecule has 0 spiro atoms. The van der Waals surface area contributed by atoms with Crippen LogP contribution in [-0.2, 0) is 6.54 Å². The molecule has 21 heavy (non-hydrogen) atoms. The fraction of sp³-hybridized carbons (Fsp3) is 0.214. The van der Waals surface area contributed by atoms with Crippen molar-refractivity contribution in [1.82, 2.24) is 4.98 Å². The van der Waals surface area contributed by atoms with Crippen LogP contribution in [-0.4, -0.2) is 28.2 Å². The van der Waals surface area contributed by atoms with E-state index in [9.17, 15) is 10.1 Å². The fourth-order valence-electron chi connectivity index (χ4n) is 1.70. The minimum absolute atomic E-state index is 0.0610. The summed E-state index contributed by atoms with van der Waals surface area (Å²) in [6.07, 6.45) is 1.60. The van der Waals surface area contributed by atoms with Gasteiger partial charge in [0.15, 0.2) is 0 Å². The summed E-state index contributed by atoms with van der Waals surface area (Å²) in [5, 5.41) is 22.5. The first-order chi connectivity index (χ1) is 10.2. The Labute approximate surface area is 121 Å². The van der Waals surface area contributed by atoms with E-state index >= 15 is 0 Å². The molecule has 0 fully saturated rings. The van der Waals surface area contributed by atoms with Gasteiger partial charge in [0.25, 0.3) is 5.69 Å². The van der Waals surface area contributed by atoms with Crippen LogP contribution < -0.4 is 10.1 Å². The molecule has 0 aliphatic rings. The number of aromatic nitrogens is 1. The first kappa shape index (κ1) is 14.7. The smallest absolute Gasteiger partial charge is 0.269 e. The molecule has 2 rings (SSSR count). The van der Waals surface area contributed by atoms with Gasteiger partial charge in [-0.3, -0.25) is 10.1 Å². The highest BCUT2D eigenvalue weighted by Crippen LogP contribution is 2.16. The zero-order chi connectivity index (χ0) is 15.1. The molecule has 110 valence electrons. The molecule has 1 aromatic heterocycles. The van der Waals surface area contributed by atoms with E-state index in [1.165, 1.54) is 12.1 Å². The third-order valence-corrected chi connectivity index (χ3v) is 2.70. The highest BCUT2D eigenvalue weighted by Gasteiger charge is 2.05. The molecule has 0 atom stereocenters. The highest BCUT2D eigenvalue weighted by molar-refractivity contribution is 5.43. The van der Waals surface area contributed by atoms with Gasteiger partial charge in [-0.15, -0.1) is 0 Å². The third-order valence-electron chi connectivity index (χ3n) is 2.70. The van der Waals surface area contributed by atoms with Crippen LogP contribution in [0.2, 0.25) is 0 Å². The minimum Gasteiger partial charge on any atom is -0.475 e. The minimum atomic E-state index is -0.418. The van der Waals surface area contributed by atoms with Crippen LogP contribution in [0.15, 0.2) is 42.6 Å². The van der Waals surface area contributed by atoms with Crippen LogP contribution in [0.4, 0.5) is 11.4 Å². The molecule has 2 aromatic rings. The number of aliphatic hydroxyl groups is 1. The Kier molecular flexibility index (Phi) is 5.05. The lowest BCUT2D eigenvalue weighted by molar-refractivity contribution is -0.384. The van der Waals surface area contributed by atoms with Crippen molar-refractivity contribution in [2.75, 3.05) is 18.5 Å². The summed E-state index contributed by atoms with van der Waals surface area (Å²) in [6, 6.07) is 9.92. The predicted molar refractivity (Wildman–Crippen MR) is 77.2 cm³/mol. The summed E-state index contributed by atoms with van der Waals surface area (Å²) >= 11 is 0. The average Bonchev–Trinajstić information content (AvgIpc) is 2.52. The van der Waals surface area contributed by atoms with Gasteiger partial charge in [-0.1, -0.05) is 12.1 Å². The molecule has 1 aromatic carbocycles. The van der Waals surface area contributed by atoms with Crippen molar-refractivity contribution in [2.45, 2.75) is 6.54 Å². The van der Waals surface area contributed by atoms with Crippen LogP contribution in [0.25, 0.3) is 0 Å². The number of hydrogen-bond donors (Lipinski definition) is 2. The quantitative estimate of drug-likeness (QED) is 0.597. The number of nitro groups is 1. The predicted octanol–water partition coefficient (Wildman–Crippen LogP) is 1.97. The summed E-state index contributed by atoms with van der Waals surface area (Å²) in [7, 11) is 0. The maximum atomic E-state index is 10.7. The van der Waals surface area contributed by atoms with Crippen LogP contribution >= 0.6 is 0 Å². The Balaban J connectivity index is 1.93. The van der Waals surface area contributed by atoms with Gasteiger partial charge in [0.2, 0.25) is 5.88 Å². The molecule has 7 heteroatoms. The summed E-state index contributed by atoms with van der Waals surface area (Å²) in [4.78, 5) is 14.3. The SMILES string of the molecule is O=[N+]([O-])c1cccc(CNc2ccc(OCCO)nc2)c1. The lowest BCUT2D eigenvalue weighted by Gasteiger charge is -2.07. The molecule has 2 N–H and O–H groups in total. The zero-order valence-corrected chi connectivity index (χ0v) is 11.2. The Bertz CT molecular complexity index is 601. The van der Waals surface area contributed by atoms with Crippen molar-refractivity contribution < 1.29 is 14.8 Å². The Hall–Kier alpha value is -2.67. The van der Waals surface area contributed by atoms with E-state index in [4.69, 9.17) is 9.84 Å².